The molecule has 0 aliphatic carbocycles. The average Bonchev–Trinajstić information content (AvgIpc) is 3.00. The van der Waals surface area contributed by atoms with Crippen LogP contribution in [-0.4, -0.2) is 30.6 Å². The standard InChI is InChI=1S/C22H25NO4/c1-15(2)26-13-17-8-10-18(11-9-17)22(25)27-14-21(24)23-16(3)12-19-6-4-5-7-20(19)23/h4-11,15-16H,12-14H2,1-3H3/t16-/m1/s1. The van der Waals surface area contributed by atoms with E-state index < -0.39 is 5.97 Å². The number of benzene rings is 2. The Morgan fingerprint density at radius 3 is 2.52 bits per heavy atom. The summed E-state index contributed by atoms with van der Waals surface area (Å²) >= 11 is 0. The Kier molecular flexibility index (Phi) is 5.91. The number of carbonyl (C=O) groups is 2. The Morgan fingerprint density at radius 2 is 1.81 bits per heavy atom. The van der Waals surface area contributed by atoms with E-state index in [0.717, 1.165) is 23.2 Å². The maximum Gasteiger partial charge on any atom is 0.338 e. The first-order valence-corrected chi connectivity index (χ1v) is 9.23. The van der Waals surface area contributed by atoms with Crippen molar-refractivity contribution < 1.29 is 19.1 Å². The number of fused-ring (bicyclic) bond motifs is 1. The fraction of sp³-hybridized carbons (Fsp3) is 0.364. The number of rotatable bonds is 6. The van der Waals surface area contributed by atoms with Gasteiger partial charge in [-0.2, -0.15) is 0 Å². The molecule has 0 saturated carbocycles. The number of para-hydroxylation sites is 1. The lowest BCUT2D eigenvalue weighted by atomic mass is 10.1. The Bertz CT molecular complexity index is 813. The Hall–Kier alpha value is -2.66. The van der Waals surface area contributed by atoms with Gasteiger partial charge in [0.2, 0.25) is 0 Å². The minimum atomic E-state index is -0.500. The van der Waals surface area contributed by atoms with E-state index in [-0.39, 0.29) is 24.7 Å². The summed E-state index contributed by atoms with van der Waals surface area (Å²) in [5, 5.41) is 0. The summed E-state index contributed by atoms with van der Waals surface area (Å²) in [5.74, 6) is -0.706. The third-order valence-corrected chi connectivity index (χ3v) is 4.58. The van der Waals surface area contributed by atoms with Crippen molar-refractivity contribution >= 4 is 17.6 Å². The molecule has 0 unspecified atom stereocenters. The second kappa shape index (κ2) is 8.35. The summed E-state index contributed by atoms with van der Waals surface area (Å²) in [7, 11) is 0. The number of carbonyl (C=O) groups excluding carboxylic acids is 2. The van der Waals surface area contributed by atoms with Gasteiger partial charge in [-0.15, -0.1) is 0 Å². The highest BCUT2D eigenvalue weighted by atomic mass is 16.5. The van der Waals surface area contributed by atoms with E-state index >= 15 is 0 Å². The third kappa shape index (κ3) is 4.55. The first-order chi connectivity index (χ1) is 13.0. The maximum atomic E-state index is 12.6. The normalized spacial score (nSPS) is 15.7. The number of hydrogen-bond acceptors (Lipinski definition) is 4. The van der Waals surface area contributed by atoms with Crippen molar-refractivity contribution in [1.29, 1.82) is 0 Å². The lowest BCUT2D eigenvalue weighted by Gasteiger charge is -2.22. The highest BCUT2D eigenvalue weighted by Crippen LogP contribution is 2.31. The van der Waals surface area contributed by atoms with Crippen LogP contribution < -0.4 is 4.90 Å². The molecule has 1 aliphatic heterocycles. The SMILES string of the molecule is CC(C)OCc1ccc(C(=O)OCC(=O)N2c3ccccc3C[C@H]2C)cc1. The molecular weight excluding hydrogens is 342 g/mol. The largest absolute Gasteiger partial charge is 0.452 e. The topological polar surface area (TPSA) is 55.8 Å². The minimum absolute atomic E-state index is 0.0637. The monoisotopic (exact) mass is 367 g/mol. The zero-order valence-electron chi connectivity index (χ0n) is 16.0. The van der Waals surface area contributed by atoms with Crippen molar-refractivity contribution in [2.24, 2.45) is 0 Å². The molecule has 0 radical (unpaired) electrons. The highest BCUT2D eigenvalue weighted by molar-refractivity contribution is 5.99. The van der Waals surface area contributed by atoms with Crippen LogP contribution in [0.15, 0.2) is 48.5 Å². The lowest BCUT2D eigenvalue weighted by Crippen LogP contribution is -2.38. The summed E-state index contributed by atoms with van der Waals surface area (Å²) < 4.78 is 10.8. The van der Waals surface area contributed by atoms with E-state index in [2.05, 4.69) is 0 Å². The molecule has 5 nitrogen and oxygen atoms in total. The molecule has 0 spiro atoms. The van der Waals surface area contributed by atoms with Crippen LogP contribution in [0.5, 0.6) is 0 Å². The second-order valence-corrected chi connectivity index (χ2v) is 7.08. The van der Waals surface area contributed by atoms with Gasteiger partial charge in [0, 0.05) is 11.7 Å². The van der Waals surface area contributed by atoms with Gasteiger partial charge in [-0.1, -0.05) is 30.3 Å². The minimum Gasteiger partial charge on any atom is -0.452 e. The van der Waals surface area contributed by atoms with Crippen molar-refractivity contribution in [2.45, 2.75) is 45.9 Å². The van der Waals surface area contributed by atoms with Crippen molar-refractivity contribution in [2.75, 3.05) is 11.5 Å². The van der Waals surface area contributed by atoms with Crippen molar-refractivity contribution in [1.82, 2.24) is 0 Å². The first kappa shape index (κ1) is 19.1. The van der Waals surface area contributed by atoms with Crippen molar-refractivity contribution in [3.05, 3.63) is 65.2 Å². The molecule has 0 aromatic heterocycles. The first-order valence-electron chi connectivity index (χ1n) is 9.23. The lowest BCUT2D eigenvalue weighted by molar-refractivity contribution is -0.122. The van der Waals surface area contributed by atoms with Crippen LogP contribution in [-0.2, 0) is 27.3 Å². The molecule has 142 valence electrons. The molecule has 0 saturated heterocycles. The van der Waals surface area contributed by atoms with Crippen LogP contribution in [0.25, 0.3) is 0 Å². The quantitative estimate of drug-likeness (QED) is 0.730. The molecule has 27 heavy (non-hydrogen) atoms. The van der Waals surface area contributed by atoms with E-state index in [1.807, 2.05) is 57.2 Å². The fourth-order valence-corrected chi connectivity index (χ4v) is 3.23. The molecule has 1 atom stereocenters. The molecule has 0 N–H and O–H groups in total. The van der Waals surface area contributed by atoms with Gasteiger partial charge >= 0.3 is 5.97 Å². The maximum absolute atomic E-state index is 12.6. The van der Waals surface area contributed by atoms with Crippen LogP contribution in [0.1, 0.15) is 42.3 Å². The molecule has 0 fully saturated rings. The molecule has 5 heteroatoms. The summed E-state index contributed by atoms with van der Waals surface area (Å²) in [6, 6.07) is 14.9. The second-order valence-electron chi connectivity index (χ2n) is 7.08. The van der Waals surface area contributed by atoms with Crippen LogP contribution in [0.4, 0.5) is 5.69 Å². The Balaban J connectivity index is 1.57. The predicted molar refractivity (Wildman–Crippen MR) is 104 cm³/mol. The van der Waals surface area contributed by atoms with Crippen LogP contribution >= 0.6 is 0 Å². The summed E-state index contributed by atoms with van der Waals surface area (Å²) in [5.41, 5.74) is 3.45. The van der Waals surface area contributed by atoms with Crippen molar-refractivity contribution in [3.63, 3.8) is 0 Å². The van der Waals surface area contributed by atoms with E-state index in [0.29, 0.717) is 12.2 Å². The van der Waals surface area contributed by atoms with Crippen molar-refractivity contribution in [3.8, 4) is 0 Å². The molecule has 3 rings (SSSR count). The predicted octanol–water partition coefficient (Wildman–Crippen LogP) is 3.75. The molecule has 1 amide bonds. The van der Waals surface area contributed by atoms with E-state index in [1.54, 1.807) is 17.0 Å². The van der Waals surface area contributed by atoms with E-state index in [9.17, 15) is 9.59 Å². The van der Waals surface area contributed by atoms with Gasteiger partial charge in [0.15, 0.2) is 6.61 Å². The van der Waals surface area contributed by atoms with Gasteiger partial charge in [-0.25, -0.2) is 4.79 Å². The van der Waals surface area contributed by atoms with Gasteiger partial charge in [-0.05, 0) is 56.5 Å². The average molecular weight is 367 g/mol. The number of amides is 1. The van der Waals surface area contributed by atoms with Crippen LogP contribution in [0, 0.1) is 0 Å². The molecule has 2 aromatic carbocycles. The number of anilines is 1. The van der Waals surface area contributed by atoms with Gasteiger partial charge in [0.25, 0.3) is 5.91 Å². The third-order valence-electron chi connectivity index (χ3n) is 4.58. The number of nitrogens with zero attached hydrogens (tertiary/aromatic N) is 1. The van der Waals surface area contributed by atoms with E-state index in [1.165, 1.54) is 0 Å². The molecule has 1 heterocycles. The van der Waals surface area contributed by atoms with Gasteiger partial charge in [0.1, 0.15) is 0 Å². The smallest absolute Gasteiger partial charge is 0.338 e. The Morgan fingerprint density at radius 1 is 1.11 bits per heavy atom. The molecule has 2 aromatic rings. The van der Waals surface area contributed by atoms with Crippen LogP contribution in [0.3, 0.4) is 0 Å². The van der Waals surface area contributed by atoms with Gasteiger partial charge in [-0.3, -0.25) is 4.79 Å². The zero-order valence-corrected chi connectivity index (χ0v) is 16.0. The zero-order chi connectivity index (χ0) is 19.4. The van der Waals surface area contributed by atoms with E-state index in [4.69, 9.17) is 9.47 Å². The van der Waals surface area contributed by atoms with Gasteiger partial charge in [0.05, 0.1) is 18.3 Å². The number of hydrogen-bond donors (Lipinski definition) is 0. The summed E-state index contributed by atoms with van der Waals surface area (Å²) in [6.45, 7) is 6.18. The number of esters is 1. The molecule has 1 aliphatic rings. The number of ether oxygens (including phenoxy) is 2. The summed E-state index contributed by atoms with van der Waals surface area (Å²) in [6.07, 6.45) is 0.967. The molecular formula is C22H25NO4. The fourth-order valence-electron chi connectivity index (χ4n) is 3.23. The summed E-state index contributed by atoms with van der Waals surface area (Å²) in [4.78, 5) is 26.6. The Labute approximate surface area is 159 Å². The molecule has 0 bridgehead atoms. The van der Waals surface area contributed by atoms with Crippen LogP contribution in [0.2, 0.25) is 0 Å². The van der Waals surface area contributed by atoms with Gasteiger partial charge < -0.3 is 14.4 Å². The highest BCUT2D eigenvalue weighted by Gasteiger charge is 2.31.